The molecule has 0 unspecified atom stereocenters. The van der Waals surface area contributed by atoms with E-state index in [-0.39, 0.29) is 0 Å². The molecule has 0 spiro atoms. The molecule has 1 aliphatic carbocycles. The number of hydrogen-bond acceptors (Lipinski definition) is 2. The Morgan fingerprint density at radius 2 is 1.67 bits per heavy atom. The van der Waals surface area contributed by atoms with Gasteiger partial charge >= 0.3 is 0 Å². The average Bonchev–Trinajstić information content (AvgIpc) is 2.53. The summed E-state index contributed by atoms with van der Waals surface area (Å²) in [5, 5.41) is 0. The van der Waals surface area contributed by atoms with E-state index in [1.807, 2.05) is 6.92 Å². The van der Waals surface area contributed by atoms with Crippen molar-refractivity contribution >= 4 is 0 Å². The summed E-state index contributed by atoms with van der Waals surface area (Å²) < 4.78 is 11.0. The normalized spacial score (nSPS) is 22.2. The number of benzene rings is 1. The molecule has 0 bridgehead atoms. The topological polar surface area (TPSA) is 18.5 Å². The van der Waals surface area contributed by atoms with Crippen LogP contribution in [0, 0.1) is 5.92 Å². The minimum Gasteiger partial charge on any atom is -0.491 e. The van der Waals surface area contributed by atoms with Crippen molar-refractivity contribution in [1.82, 2.24) is 0 Å². The molecular formula is C19H30O2. The van der Waals surface area contributed by atoms with Crippen molar-refractivity contribution in [2.45, 2.75) is 58.3 Å². The smallest absolute Gasteiger partial charge is 0.119 e. The standard InChI is InChI=1S/C19H30O2/c1-3-5-16-6-8-17(9-7-16)18-10-12-19(13-11-18)21-15-14-20-4-2/h10-13,16-17H,3-9,14-15H2,1-2H3/t16-,17-. The third-order valence-electron chi connectivity index (χ3n) is 4.60. The lowest BCUT2D eigenvalue weighted by atomic mass is 9.77. The van der Waals surface area contributed by atoms with E-state index in [2.05, 4.69) is 31.2 Å². The van der Waals surface area contributed by atoms with Crippen molar-refractivity contribution in [3.05, 3.63) is 29.8 Å². The number of rotatable bonds is 8. The maximum absolute atomic E-state index is 5.67. The summed E-state index contributed by atoms with van der Waals surface area (Å²) in [6.07, 6.45) is 8.28. The molecule has 0 radical (unpaired) electrons. The van der Waals surface area contributed by atoms with Crippen LogP contribution in [0.3, 0.4) is 0 Å². The molecule has 1 fully saturated rings. The first kappa shape index (κ1) is 16.4. The lowest BCUT2D eigenvalue weighted by molar-refractivity contribution is 0.110. The highest BCUT2D eigenvalue weighted by Crippen LogP contribution is 2.37. The van der Waals surface area contributed by atoms with E-state index < -0.39 is 0 Å². The first-order valence-corrected chi connectivity index (χ1v) is 8.64. The summed E-state index contributed by atoms with van der Waals surface area (Å²) in [4.78, 5) is 0. The van der Waals surface area contributed by atoms with E-state index in [4.69, 9.17) is 9.47 Å². The van der Waals surface area contributed by atoms with Gasteiger partial charge in [0.2, 0.25) is 0 Å². The molecule has 0 aromatic heterocycles. The zero-order chi connectivity index (χ0) is 14.9. The molecule has 0 heterocycles. The highest BCUT2D eigenvalue weighted by atomic mass is 16.5. The van der Waals surface area contributed by atoms with E-state index in [1.165, 1.54) is 44.1 Å². The maximum Gasteiger partial charge on any atom is 0.119 e. The Morgan fingerprint density at radius 1 is 0.952 bits per heavy atom. The molecule has 1 saturated carbocycles. The van der Waals surface area contributed by atoms with Gasteiger partial charge < -0.3 is 9.47 Å². The van der Waals surface area contributed by atoms with E-state index in [1.54, 1.807) is 0 Å². The van der Waals surface area contributed by atoms with Gasteiger partial charge in [0.25, 0.3) is 0 Å². The molecule has 21 heavy (non-hydrogen) atoms. The maximum atomic E-state index is 5.67. The molecular weight excluding hydrogens is 260 g/mol. The van der Waals surface area contributed by atoms with E-state index in [0.717, 1.165) is 24.2 Å². The van der Waals surface area contributed by atoms with Crippen LogP contribution in [0.5, 0.6) is 5.75 Å². The molecule has 0 atom stereocenters. The summed E-state index contributed by atoms with van der Waals surface area (Å²) in [5.74, 6) is 2.70. The second-order valence-electron chi connectivity index (χ2n) is 6.12. The van der Waals surface area contributed by atoms with Gasteiger partial charge in [-0.25, -0.2) is 0 Å². The Labute approximate surface area is 129 Å². The quantitative estimate of drug-likeness (QED) is 0.614. The van der Waals surface area contributed by atoms with Gasteiger partial charge in [0.1, 0.15) is 12.4 Å². The van der Waals surface area contributed by atoms with Crippen LogP contribution in [0.2, 0.25) is 0 Å². The van der Waals surface area contributed by atoms with Crippen LogP contribution in [-0.4, -0.2) is 19.8 Å². The summed E-state index contributed by atoms with van der Waals surface area (Å²) in [6.45, 7) is 6.36. The van der Waals surface area contributed by atoms with Gasteiger partial charge in [-0.3, -0.25) is 0 Å². The second kappa shape index (κ2) is 9.09. The molecule has 2 heteroatoms. The minimum absolute atomic E-state index is 0.634. The van der Waals surface area contributed by atoms with Crippen LogP contribution < -0.4 is 4.74 Å². The minimum atomic E-state index is 0.634. The van der Waals surface area contributed by atoms with Crippen molar-refractivity contribution in [3.63, 3.8) is 0 Å². The van der Waals surface area contributed by atoms with Crippen molar-refractivity contribution in [3.8, 4) is 5.75 Å². The SMILES string of the molecule is CCC[C@H]1CC[C@H](c2ccc(OCCOCC)cc2)CC1. The van der Waals surface area contributed by atoms with Gasteiger partial charge in [0.05, 0.1) is 6.61 Å². The Balaban J connectivity index is 1.77. The summed E-state index contributed by atoms with van der Waals surface area (Å²) in [5.41, 5.74) is 1.49. The largest absolute Gasteiger partial charge is 0.491 e. The Morgan fingerprint density at radius 3 is 2.29 bits per heavy atom. The molecule has 118 valence electrons. The lowest BCUT2D eigenvalue weighted by Gasteiger charge is -2.28. The van der Waals surface area contributed by atoms with E-state index in [9.17, 15) is 0 Å². The van der Waals surface area contributed by atoms with Crippen molar-refractivity contribution < 1.29 is 9.47 Å². The average molecular weight is 290 g/mol. The molecule has 1 aromatic carbocycles. The van der Waals surface area contributed by atoms with E-state index >= 15 is 0 Å². The second-order valence-corrected chi connectivity index (χ2v) is 6.12. The van der Waals surface area contributed by atoms with Crippen LogP contribution in [0.15, 0.2) is 24.3 Å². The molecule has 0 aliphatic heterocycles. The Kier molecular flexibility index (Phi) is 7.08. The molecule has 2 rings (SSSR count). The summed E-state index contributed by atoms with van der Waals surface area (Å²) >= 11 is 0. The van der Waals surface area contributed by atoms with Crippen LogP contribution in [-0.2, 0) is 4.74 Å². The van der Waals surface area contributed by atoms with Crippen molar-refractivity contribution in [2.75, 3.05) is 19.8 Å². The molecule has 0 amide bonds. The predicted octanol–water partition coefficient (Wildman–Crippen LogP) is 5.18. The van der Waals surface area contributed by atoms with Gasteiger partial charge in [-0.2, -0.15) is 0 Å². The van der Waals surface area contributed by atoms with Gasteiger partial charge in [-0.05, 0) is 62.1 Å². The highest BCUT2D eigenvalue weighted by Gasteiger charge is 2.21. The molecule has 0 saturated heterocycles. The predicted molar refractivity (Wildman–Crippen MR) is 88.0 cm³/mol. The fourth-order valence-electron chi connectivity index (χ4n) is 3.39. The summed E-state index contributed by atoms with van der Waals surface area (Å²) in [6, 6.07) is 8.72. The van der Waals surface area contributed by atoms with Gasteiger partial charge in [-0.1, -0.05) is 31.9 Å². The third kappa shape index (κ3) is 5.35. The van der Waals surface area contributed by atoms with Crippen molar-refractivity contribution in [1.29, 1.82) is 0 Å². The molecule has 1 aliphatic rings. The molecule has 2 nitrogen and oxygen atoms in total. The zero-order valence-corrected chi connectivity index (χ0v) is 13.6. The third-order valence-corrected chi connectivity index (χ3v) is 4.60. The number of hydrogen-bond donors (Lipinski definition) is 0. The number of ether oxygens (including phenoxy) is 2. The van der Waals surface area contributed by atoms with Crippen LogP contribution >= 0.6 is 0 Å². The first-order chi connectivity index (χ1) is 10.3. The molecule has 1 aromatic rings. The van der Waals surface area contributed by atoms with E-state index in [0.29, 0.717) is 13.2 Å². The highest BCUT2D eigenvalue weighted by molar-refractivity contribution is 5.29. The zero-order valence-electron chi connectivity index (χ0n) is 13.6. The lowest BCUT2D eigenvalue weighted by Crippen LogP contribution is -2.13. The Hall–Kier alpha value is -1.02. The fraction of sp³-hybridized carbons (Fsp3) is 0.684. The van der Waals surface area contributed by atoms with Gasteiger partial charge in [0.15, 0.2) is 0 Å². The van der Waals surface area contributed by atoms with Gasteiger partial charge in [-0.15, -0.1) is 0 Å². The van der Waals surface area contributed by atoms with Crippen molar-refractivity contribution in [2.24, 2.45) is 5.92 Å². The molecule has 0 N–H and O–H groups in total. The fourth-order valence-corrected chi connectivity index (χ4v) is 3.39. The van der Waals surface area contributed by atoms with Crippen LogP contribution in [0.4, 0.5) is 0 Å². The van der Waals surface area contributed by atoms with Gasteiger partial charge in [0, 0.05) is 6.61 Å². The summed E-state index contributed by atoms with van der Waals surface area (Å²) in [7, 11) is 0. The first-order valence-electron chi connectivity index (χ1n) is 8.64. The van der Waals surface area contributed by atoms with Crippen LogP contribution in [0.25, 0.3) is 0 Å². The van der Waals surface area contributed by atoms with Crippen LogP contribution in [0.1, 0.15) is 63.9 Å². The Bertz CT molecular complexity index is 377. The monoisotopic (exact) mass is 290 g/mol.